The quantitative estimate of drug-likeness (QED) is 0.461. The van der Waals surface area contributed by atoms with Crippen molar-refractivity contribution in [2.45, 2.75) is 38.8 Å². The molecular weight excluding hydrogens is 449 g/mol. The Morgan fingerprint density at radius 1 is 1.21 bits per heavy atom. The van der Waals surface area contributed by atoms with E-state index in [4.69, 9.17) is 9.15 Å². The van der Waals surface area contributed by atoms with Crippen LogP contribution in [0.5, 0.6) is 0 Å². The zero-order chi connectivity index (χ0) is 24.1. The molecule has 2 aliphatic rings. The van der Waals surface area contributed by atoms with Crippen molar-refractivity contribution < 1.29 is 27.1 Å². The number of morpholine rings is 1. The molecule has 0 unspecified atom stereocenters. The Morgan fingerprint density at radius 2 is 2.00 bits per heavy atom. The van der Waals surface area contributed by atoms with Gasteiger partial charge in [0.25, 0.3) is 5.91 Å². The molecule has 1 aromatic carbocycles. The minimum absolute atomic E-state index is 0.244. The molecular formula is C24H29F3N4O3. The molecule has 2 heterocycles. The fourth-order valence-electron chi connectivity index (χ4n) is 4.30. The number of hydrogen-bond acceptors (Lipinski definition) is 6. The van der Waals surface area contributed by atoms with Crippen LogP contribution < -0.4 is 10.7 Å². The van der Waals surface area contributed by atoms with Crippen LogP contribution in [0.4, 0.5) is 18.9 Å². The smallest absolute Gasteiger partial charge is 0.416 e. The lowest BCUT2D eigenvalue weighted by Crippen LogP contribution is -2.38. The molecule has 0 atom stereocenters. The van der Waals surface area contributed by atoms with E-state index in [9.17, 15) is 18.0 Å². The number of fused-ring (bicyclic) bond motifs is 1. The Balaban J connectivity index is 1.41. The molecule has 2 N–H and O–H groups in total. The molecule has 0 spiro atoms. The number of nitrogens with one attached hydrogen (secondary N) is 2. The monoisotopic (exact) mass is 478 g/mol. The third-order valence-corrected chi connectivity index (χ3v) is 6.08. The van der Waals surface area contributed by atoms with Crippen molar-refractivity contribution in [3.8, 4) is 0 Å². The molecule has 1 amide bonds. The molecule has 1 saturated heterocycles. The maximum absolute atomic E-state index is 13.0. The highest BCUT2D eigenvalue weighted by atomic mass is 19.4. The molecule has 0 radical (unpaired) electrons. The van der Waals surface area contributed by atoms with Gasteiger partial charge in [0.15, 0.2) is 5.76 Å². The number of alkyl halides is 3. The Bertz CT molecular complexity index is 1040. The van der Waals surface area contributed by atoms with E-state index < -0.39 is 11.7 Å². The second-order valence-corrected chi connectivity index (χ2v) is 8.52. The molecule has 1 aromatic heterocycles. The zero-order valence-corrected chi connectivity index (χ0v) is 19.1. The van der Waals surface area contributed by atoms with Gasteiger partial charge in [-0.05, 0) is 50.9 Å². The number of hydrogen-bond donors (Lipinski definition) is 2. The molecule has 34 heavy (non-hydrogen) atoms. The summed E-state index contributed by atoms with van der Waals surface area (Å²) in [6.07, 6.45) is -1.49. The number of benzene rings is 1. The zero-order valence-electron chi connectivity index (χ0n) is 19.1. The highest BCUT2D eigenvalue weighted by molar-refractivity contribution is 6.06. The number of aryl methyl sites for hydroxylation is 1. The predicted octanol–water partition coefficient (Wildman–Crippen LogP) is 4.21. The van der Waals surface area contributed by atoms with Gasteiger partial charge < -0.3 is 14.5 Å². The molecule has 184 valence electrons. The van der Waals surface area contributed by atoms with Gasteiger partial charge in [0.2, 0.25) is 0 Å². The van der Waals surface area contributed by atoms with Crippen molar-refractivity contribution >= 4 is 17.3 Å². The first-order valence-corrected chi connectivity index (χ1v) is 11.5. The first kappa shape index (κ1) is 24.3. The number of halogens is 3. The molecule has 7 nitrogen and oxygen atoms in total. The summed E-state index contributed by atoms with van der Waals surface area (Å²) in [6.45, 7) is 6.57. The van der Waals surface area contributed by atoms with E-state index in [2.05, 4.69) is 20.7 Å². The Morgan fingerprint density at radius 3 is 2.76 bits per heavy atom. The first-order valence-electron chi connectivity index (χ1n) is 11.5. The fourth-order valence-corrected chi connectivity index (χ4v) is 4.30. The molecule has 0 saturated carbocycles. The van der Waals surface area contributed by atoms with E-state index in [1.165, 1.54) is 12.1 Å². The second kappa shape index (κ2) is 10.6. The van der Waals surface area contributed by atoms with Crippen LogP contribution in [0.25, 0.3) is 0 Å². The number of hydrazone groups is 1. The lowest BCUT2D eigenvalue weighted by molar-refractivity contribution is -0.137. The molecule has 1 aliphatic carbocycles. The van der Waals surface area contributed by atoms with Crippen LogP contribution in [0.2, 0.25) is 0 Å². The number of carbonyl (C=O) groups excluding carboxylic acids is 1. The van der Waals surface area contributed by atoms with Crippen LogP contribution in [0.1, 0.15) is 52.3 Å². The summed E-state index contributed by atoms with van der Waals surface area (Å²) in [4.78, 5) is 15.1. The van der Waals surface area contributed by atoms with Crippen molar-refractivity contribution in [3.63, 3.8) is 0 Å². The number of amides is 1. The Hall–Kier alpha value is -2.85. The van der Waals surface area contributed by atoms with Crippen molar-refractivity contribution in [2.75, 3.05) is 44.8 Å². The van der Waals surface area contributed by atoms with Gasteiger partial charge in [-0.3, -0.25) is 15.1 Å². The van der Waals surface area contributed by atoms with Gasteiger partial charge in [0.05, 0.1) is 30.2 Å². The summed E-state index contributed by atoms with van der Waals surface area (Å²) in [6, 6.07) is 4.90. The van der Waals surface area contributed by atoms with E-state index in [0.29, 0.717) is 36.4 Å². The lowest BCUT2D eigenvalue weighted by Gasteiger charge is -2.26. The number of carbonyl (C=O) groups is 1. The van der Waals surface area contributed by atoms with Gasteiger partial charge in [0.1, 0.15) is 5.76 Å². The van der Waals surface area contributed by atoms with Crippen molar-refractivity contribution in [1.82, 2.24) is 10.2 Å². The standard InChI is InChI=1S/C24H29F3N4O3/c1-16-21-19(30-29-18-6-2-5-17(15-18)24(25,26)27)7-3-8-20(21)34-22(16)23(32)28-9-4-10-31-11-13-33-14-12-31/h2,5-6,15,29H,3-4,7-14H2,1H3,(H,28,32)/b30-19+. The van der Waals surface area contributed by atoms with E-state index >= 15 is 0 Å². The average Bonchev–Trinajstić information content (AvgIpc) is 3.18. The summed E-state index contributed by atoms with van der Waals surface area (Å²) in [5.41, 5.74) is 4.38. The first-order chi connectivity index (χ1) is 16.3. The predicted molar refractivity (Wildman–Crippen MR) is 122 cm³/mol. The maximum Gasteiger partial charge on any atom is 0.416 e. The van der Waals surface area contributed by atoms with Crippen LogP contribution in [-0.2, 0) is 17.3 Å². The van der Waals surface area contributed by atoms with Gasteiger partial charge in [-0.15, -0.1) is 0 Å². The van der Waals surface area contributed by atoms with Gasteiger partial charge in [-0.25, -0.2) is 0 Å². The minimum atomic E-state index is -4.42. The average molecular weight is 479 g/mol. The lowest BCUT2D eigenvalue weighted by atomic mass is 9.93. The summed E-state index contributed by atoms with van der Waals surface area (Å²) < 4.78 is 50.2. The van der Waals surface area contributed by atoms with E-state index in [0.717, 1.165) is 63.4 Å². The van der Waals surface area contributed by atoms with Gasteiger partial charge in [-0.1, -0.05) is 6.07 Å². The van der Waals surface area contributed by atoms with Crippen LogP contribution in [0.3, 0.4) is 0 Å². The molecule has 2 aromatic rings. The van der Waals surface area contributed by atoms with Crippen molar-refractivity contribution in [1.29, 1.82) is 0 Å². The molecule has 4 rings (SSSR count). The van der Waals surface area contributed by atoms with Gasteiger partial charge >= 0.3 is 6.18 Å². The number of ether oxygens (including phenoxy) is 1. The normalized spacial score (nSPS) is 18.1. The largest absolute Gasteiger partial charge is 0.455 e. The molecule has 1 fully saturated rings. The van der Waals surface area contributed by atoms with Crippen molar-refractivity contribution in [3.05, 3.63) is 52.5 Å². The van der Waals surface area contributed by atoms with Crippen LogP contribution >= 0.6 is 0 Å². The van der Waals surface area contributed by atoms with Crippen LogP contribution in [-0.4, -0.2) is 55.9 Å². The third kappa shape index (κ3) is 5.79. The third-order valence-electron chi connectivity index (χ3n) is 6.08. The number of furan rings is 1. The Labute approximate surface area is 196 Å². The summed E-state index contributed by atoms with van der Waals surface area (Å²) >= 11 is 0. The van der Waals surface area contributed by atoms with Gasteiger partial charge in [-0.2, -0.15) is 18.3 Å². The number of nitrogens with zero attached hydrogens (tertiary/aromatic N) is 2. The summed E-state index contributed by atoms with van der Waals surface area (Å²) in [5, 5.41) is 7.30. The topological polar surface area (TPSA) is 79.1 Å². The van der Waals surface area contributed by atoms with Crippen molar-refractivity contribution in [2.24, 2.45) is 5.10 Å². The van der Waals surface area contributed by atoms with Crippen LogP contribution in [0, 0.1) is 6.92 Å². The fraction of sp³-hybridized carbons (Fsp3) is 0.500. The number of anilines is 1. The highest BCUT2D eigenvalue weighted by Crippen LogP contribution is 2.32. The SMILES string of the molecule is Cc1c(C(=O)NCCCN2CCOCC2)oc2c1/C(=N/Nc1cccc(C(F)(F)F)c1)CCC2. The minimum Gasteiger partial charge on any atom is -0.455 e. The van der Waals surface area contributed by atoms with E-state index in [-0.39, 0.29) is 17.4 Å². The summed E-state index contributed by atoms with van der Waals surface area (Å²) in [7, 11) is 0. The maximum atomic E-state index is 13.0. The number of rotatable bonds is 7. The molecule has 1 aliphatic heterocycles. The molecule has 10 heteroatoms. The highest BCUT2D eigenvalue weighted by Gasteiger charge is 2.31. The second-order valence-electron chi connectivity index (χ2n) is 8.52. The molecule has 0 bridgehead atoms. The Kier molecular flexibility index (Phi) is 7.57. The van der Waals surface area contributed by atoms with E-state index in [1.807, 2.05) is 6.92 Å². The summed E-state index contributed by atoms with van der Waals surface area (Å²) in [5.74, 6) is 0.691. The van der Waals surface area contributed by atoms with Gasteiger partial charge in [0, 0.05) is 37.2 Å². The van der Waals surface area contributed by atoms with E-state index in [1.54, 1.807) is 0 Å². The van der Waals surface area contributed by atoms with Crippen LogP contribution in [0.15, 0.2) is 33.8 Å².